The van der Waals surface area contributed by atoms with Crippen LogP contribution in [0.3, 0.4) is 0 Å². The van der Waals surface area contributed by atoms with Gasteiger partial charge in [-0.25, -0.2) is 0 Å². The average molecular weight is 343 g/mol. The van der Waals surface area contributed by atoms with Crippen LogP contribution in [0.15, 0.2) is 4.99 Å². The van der Waals surface area contributed by atoms with Gasteiger partial charge in [-0.3, -0.25) is 9.89 Å². The van der Waals surface area contributed by atoms with Gasteiger partial charge in [-0.1, -0.05) is 13.8 Å². The third-order valence-electron chi connectivity index (χ3n) is 5.41. The van der Waals surface area contributed by atoms with Crippen LogP contribution in [0.2, 0.25) is 0 Å². The van der Waals surface area contributed by atoms with E-state index < -0.39 is 0 Å². The zero-order valence-electron chi connectivity index (χ0n) is 15.3. The van der Waals surface area contributed by atoms with Crippen molar-refractivity contribution in [3.8, 4) is 0 Å². The van der Waals surface area contributed by atoms with Gasteiger partial charge >= 0.3 is 0 Å². The average Bonchev–Trinajstić information content (AvgIpc) is 3.07. The summed E-state index contributed by atoms with van der Waals surface area (Å²) in [5.41, 5.74) is 0. The topological polar surface area (TPSA) is 40.1 Å². The van der Waals surface area contributed by atoms with E-state index in [1.807, 2.05) is 18.8 Å². The molecule has 0 aromatic rings. The Morgan fingerprint density at radius 1 is 1.35 bits per heavy atom. The van der Waals surface area contributed by atoms with E-state index in [4.69, 9.17) is 4.74 Å². The van der Waals surface area contributed by atoms with E-state index in [0.717, 1.165) is 64.7 Å². The van der Waals surface area contributed by atoms with Crippen LogP contribution in [0.1, 0.15) is 33.1 Å². The Morgan fingerprint density at radius 3 is 2.61 bits per heavy atom. The lowest BCUT2D eigenvalue weighted by Gasteiger charge is -2.37. The van der Waals surface area contributed by atoms with Crippen LogP contribution in [-0.4, -0.2) is 85.8 Å². The van der Waals surface area contributed by atoms with Crippen LogP contribution in [0, 0.1) is 0 Å². The van der Waals surface area contributed by atoms with Crippen molar-refractivity contribution in [2.45, 2.75) is 43.9 Å². The summed E-state index contributed by atoms with van der Waals surface area (Å²) in [6.45, 7) is 11.7. The molecule has 6 heteroatoms. The van der Waals surface area contributed by atoms with Crippen molar-refractivity contribution in [2.75, 3.05) is 59.2 Å². The van der Waals surface area contributed by atoms with Gasteiger partial charge in [0, 0.05) is 50.7 Å². The number of likely N-dealkylation sites (N-methyl/N-ethyl adjacent to an activating group) is 1. The maximum absolute atomic E-state index is 5.54. The summed E-state index contributed by atoms with van der Waals surface area (Å²) >= 11 is 1.98. The number of nitrogens with one attached hydrogen (secondary N) is 1. The van der Waals surface area contributed by atoms with Gasteiger partial charge in [-0.05, 0) is 38.6 Å². The van der Waals surface area contributed by atoms with Gasteiger partial charge in [0.15, 0.2) is 5.96 Å². The van der Waals surface area contributed by atoms with Crippen LogP contribution in [0.5, 0.6) is 0 Å². The number of hydrogen-bond donors (Lipinski definition) is 1. The molecule has 134 valence electrons. The third kappa shape index (κ3) is 4.77. The van der Waals surface area contributed by atoms with Crippen molar-refractivity contribution in [1.29, 1.82) is 0 Å². The smallest absolute Gasteiger partial charge is 0.193 e. The summed E-state index contributed by atoms with van der Waals surface area (Å²) in [7, 11) is 1.91. The minimum absolute atomic E-state index is 0.298. The first-order valence-electron chi connectivity index (χ1n) is 9.00. The van der Waals surface area contributed by atoms with E-state index in [9.17, 15) is 0 Å². The molecule has 0 bridgehead atoms. The van der Waals surface area contributed by atoms with Crippen LogP contribution >= 0.6 is 11.8 Å². The van der Waals surface area contributed by atoms with Gasteiger partial charge in [0.1, 0.15) is 0 Å². The van der Waals surface area contributed by atoms with E-state index in [2.05, 4.69) is 40.2 Å². The zero-order chi connectivity index (χ0) is 16.7. The molecule has 0 aromatic heterocycles. The molecule has 2 saturated heterocycles. The number of thioether (sulfide) groups is 1. The van der Waals surface area contributed by atoms with Gasteiger partial charge in [-0.2, -0.15) is 11.8 Å². The lowest BCUT2D eigenvalue weighted by atomic mass is 9.99. The molecule has 0 amide bonds. The number of ether oxygens (including phenoxy) is 1. The maximum atomic E-state index is 5.54. The number of likely N-dealkylation sites (tertiary alicyclic amines) is 1. The summed E-state index contributed by atoms with van der Waals surface area (Å²) < 4.78 is 5.84. The van der Waals surface area contributed by atoms with Crippen molar-refractivity contribution >= 4 is 17.7 Å². The number of rotatable bonds is 6. The molecule has 0 aliphatic carbocycles. The maximum Gasteiger partial charge on any atom is 0.193 e. The molecule has 1 unspecified atom stereocenters. The Morgan fingerprint density at radius 2 is 2.04 bits per heavy atom. The van der Waals surface area contributed by atoms with E-state index in [-0.39, 0.29) is 0 Å². The number of guanidine groups is 1. The van der Waals surface area contributed by atoms with Gasteiger partial charge in [0.2, 0.25) is 0 Å². The van der Waals surface area contributed by atoms with Gasteiger partial charge in [0.05, 0.1) is 0 Å². The highest BCUT2D eigenvalue weighted by atomic mass is 32.2. The minimum atomic E-state index is 0.298. The molecular weight excluding hydrogens is 308 g/mol. The number of nitrogens with zero attached hydrogens (tertiary/aromatic N) is 3. The van der Waals surface area contributed by atoms with Gasteiger partial charge < -0.3 is 15.0 Å². The molecule has 2 rings (SSSR count). The van der Waals surface area contributed by atoms with Crippen molar-refractivity contribution in [3.05, 3.63) is 0 Å². The van der Waals surface area contributed by atoms with E-state index >= 15 is 0 Å². The van der Waals surface area contributed by atoms with E-state index in [1.54, 1.807) is 0 Å². The molecule has 0 radical (unpaired) electrons. The van der Waals surface area contributed by atoms with Crippen LogP contribution in [-0.2, 0) is 4.74 Å². The molecule has 2 aliphatic rings. The normalized spacial score (nSPS) is 25.2. The monoisotopic (exact) mass is 342 g/mol. The van der Waals surface area contributed by atoms with Crippen molar-refractivity contribution < 1.29 is 4.74 Å². The fourth-order valence-electron chi connectivity index (χ4n) is 3.74. The first-order valence-corrected chi connectivity index (χ1v) is 10.2. The molecule has 2 heterocycles. The predicted octanol–water partition coefficient (Wildman–Crippen LogP) is 1.89. The number of hydrogen-bond acceptors (Lipinski definition) is 4. The molecule has 1 N–H and O–H groups in total. The third-order valence-corrected chi connectivity index (χ3v) is 6.83. The summed E-state index contributed by atoms with van der Waals surface area (Å²) in [5.74, 6) is 1.07. The summed E-state index contributed by atoms with van der Waals surface area (Å²) in [6, 6.07) is 0.668. The molecule has 0 spiro atoms. The highest BCUT2D eigenvalue weighted by molar-refractivity contribution is 8.00. The summed E-state index contributed by atoms with van der Waals surface area (Å²) in [4.78, 5) is 9.53. The van der Waals surface area contributed by atoms with Crippen molar-refractivity contribution in [3.63, 3.8) is 0 Å². The number of aliphatic imine (C=N–C) groups is 1. The van der Waals surface area contributed by atoms with Crippen LogP contribution < -0.4 is 5.32 Å². The Labute approximate surface area is 146 Å². The molecule has 5 nitrogen and oxygen atoms in total. The first-order chi connectivity index (χ1) is 11.2. The van der Waals surface area contributed by atoms with Crippen molar-refractivity contribution in [2.24, 2.45) is 4.99 Å². The standard InChI is InChI=1S/C17H34N4OS/c1-5-20(6-2)15-7-10-21(13-15)16(18-3)19-14-17(23-4)8-11-22-12-9-17/h15H,5-14H2,1-4H3,(H,18,19). The molecule has 23 heavy (non-hydrogen) atoms. The van der Waals surface area contributed by atoms with E-state index in [0.29, 0.717) is 10.8 Å². The lowest BCUT2D eigenvalue weighted by molar-refractivity contribution is 0.0781. The second kappa shape index (κ2) is 9.14. The SMILES string of the molecule is CCN(CC)C1CCN(C(=NC)NCC2(SC)CCOCC2)C1. The summed E-state index contributed by atoms with van der Waals surface area (Å²) in [6.07, 6.45) is 5.71. The predicted molar refractivity (Wildman–Crippen MR) is 101 cm³/mol. The fourth-order valence-corrected chi connectivity index (χ4v) is 4.53. The quantitative estimate of drug-likeness (QED) is 0.590. The largest absolute Gasteiger partial charge is 0.381 e. The Bertz CT molecular complexity index is 381. The van der Waals surface area contributed by atoms with Gasteiger partial charge in [-0.15, -0.1) is 0 Å². The highest BCUT2D eigenvalue weighted by Crippen LogP contribution is 2.33. The van der Waals surface area contributed by atoms with Crippen molar-refractivity contribution in [1.82, 2.24) is 15.1 Å². The van der Waals surface area contributed by atoms with Crippen LogP contribution in [0.25, 0.3) is 0 Å². The van der Waals surface area contributed by atoms with Gasteiger partial charge in [0.25, 0.3) is 0 Å². The van der Waals surface area contributed by atoms with E-state index in [1.165, 1.54) is 6.42 Å². The second-order valence-electron chi connectivity index (χ2n) is 6.51. The Hall–Kier alpha value is -0.460. The minimum Gasteiger partial charge on any atom is -0.381 e. The highest BCUT2D eigenvalue weighted by Gasteiger charge is 2.33. The molecular formula is C17H34N4OS. The zero-order valence-corrected chi connectivity index (χ0v) is 16.1. The first kappa shape index (κ1) is 18.9. The second-order valence-corrected chi connectivity index (χ2v) is 7.78. The molecule has 0 saturated carbocycles. The molecule has 2 aliphatic heterocycles. The molecule has 0 aromatic carbocycles. The van der Waals surface area contributed by atoms with Crippen LogP contribution in [0.4, 0.5) is 0 Å². The molecule has 1 atom stereocenters. The summed E-state index contributed by atoms with van der Waals surface area (Å²) in [5, 5.41) is 3.65. The lowest BCUT2D eigenvalue weighted by Crippen LogP contribution is -2.49. The Kier molecular flexibility index (Phi) is 7.50. The molecule has 2 fully saturated rings. The fraction of sp³-hybridized carbons (Fsp3) is 0.941. The Balaban J connectivity index is 1.88.